The fourth-order valence-electron chi connectivity index (χ4n) is 2.69. The van der Waals surface area contributed by atoms with Crippen molar-refractivity contribution in [3.8, 4) is 0 Å². The van der Waals surface area contributed by atoms with Crippen LogP contribution in [0.3, 0.4) is 0 Å². The Bertz CT molecular complexity index is 752. The van der Waals surface area contributed by atoms with Gasteiger partial charge in [0.1, 0.15) is 0 Å². The van der Waals surface area contributed by atoms with Gasteiger partial charge in [-0.25, -0.2) is 4.79 Å². The lowest BCUT2D eigenvalue weighted by Crippen LogP contribution is -2.36. The second-order valence-electron chi connectivity index (χ2n) is 5.67. The molecule has 0 saturated carbocycles. The maximum absolute atomic E-state index is 12.4. The number of methoxy groups -OCH3 is 1. The number of nitrogens with zero attached hydrogens (tertiary/aromatic N) is 1. The molecule has 1 amide bonds. The van der Waals surface area contributed by atoms with Crippen LogP contribution in [-0.2, 0) is 9.47 Å². The highest BCUT2D eigenvalue weighted by Crippen LogP contribution is 2.19. The van der Waals surface area contributed by atoms with E-state index < -0.39 is 5.97 Å². The van der Waals surface area contributed by atoms with Gasteiger partial charge in [-0.1, -0.05) is 6.07 Å². The van der Waals surface area contributed by atoms with Gasteiger partial charge in [-0.3, -0.25) is 4.79 Å². The van der Waals surface area contributed by atoms with Crippen molar-refractivity contribution in [2.24, 2.45) is 0 Å². The van der Waals surface area contributed by atoms with E-state index in [9.17, 15) is 9.59 Å². The Hall–Kier alpha value is -2.86. The molecule has 2 aromatic rings. The molecule has 0 spiro atoms. The molecule has 1 saturated heterocycles. The molecule has 0 atom stereocenters. The number of nitrogens with one attached hydrogen (secondary N) is 1. The lowest BCUT2D eigenvalue weighted by atomic mass is 10.1. The normalized spacial score (nSPS) is 14.0. The SMILES string of the molecule is COC(=O)c1cccc(C(=O)Nc2ccc(N3CCOCC3)cc2)c1. The molecule has 0 radical (unpaired) electrons. The average molecular weight is 340 g/mol. The molecule has 130 valence electrons. The van der Waals surface area contributed by atoms with Crippen molar-refractivity contribution in [3.63, 3.8) is 0 Å². The van der Waals surface area contributed by atoms with Crippen molar-refractivity contribution in [1.82, 2.24) is 0 Å². The van der Waals surface area contributed by atoms with Gasteiger partial charge in [0.2, 0.25) is 0 Å². The molecule has 0 aliphatic carbocycles. The minimum Gasteiger partial charge on any atom is -0.465 e. The van der Waals surface area contributed by atoms with Crippen LogP contribution < -0.4 is 10.2 Å². The zero-order chi connectivity index (χ0) is 17.6. The molecule has 1 heterocycles. The Morgan fingerprint density at radius 2 is 1.72 bits per heavy atom. The number of anilines is 2. The van der Waals surface area contributed by atoms with Crippen LogP contribution in [0, 0.1) is 0 Å². The first kappa shape index (κ1) is 17.0. The molecule has 1 aliphatic rings. The summed E-state index contributed by atoms with van der Waals surface area (Å²) in [6.45, 7) is 3.20. The molecule has 0 aromatic heterocycles. The summed E-state index contributed by atoms with van der Waals surface area (Å²) in [4.78, 5) is 26.2. The minimum atomic E-state index is -0.468. The maximum atomic E-state index is 12.4. The fourth-order valence-corrected chi connectivity index (χ4v) is 2.69. The molecule has 3 rings (SSSR count). The van der Waals surface area contributed by atoms with Gasteiger partial charge in [0.05, 0.1) is 25.9 Å². The zero-order valence-electron chi connectivity index (χ0n) is 14.0. The Morgan fingerprint density at radius 3 is 2.40 bits per heavy atom. The summed E-state index contributed by atoms with van der Waals surface area (Å²) in [5.74, 6) is -0.741. The van der Waals surface area contributed by atoms with Gasteiger partial charge in [0.15, 0.2) is 0 Å². The number of carbonyl (C=O) groups is 2. The van der Waals surface area contributed by atoms with Crippen molar-refractivity contribution in [2.75, 3.05) is 43.6 Å². The van der Waals surface area contributed by atoms with Gasteiger partial charge in [-0.15, -0.1) is 0 Å². The Labute approximate surface area is 146 Å². The van der Waals surface area contributed by atoms with E-state index in [-0.39, 0.29) is 5.91 Å². The lowest BCUT2D eigenvalue weighted by molar-refractivity contribution is 0.0600. The third-order valence-electron chi connectivity index (χ3n) is 4.05. The van der Waals surface area contributed by atoms with Crippen molar-refractivity contribution in [2.45, 2.75) is 0 Å². The van der Waals surface area contributed by atoms with Crippen molar-refractivity contribution >= 4 is 23.3 Å². The molecule has 6 heteroatoms. The second kappa shape index (κ2) is 7.81. The highest BCUT2D eigenvalue weighted by molar-refractivity contribution is 6.05. The fraction of sp³-hybridized carbons (Fsp3) is 0.263. The van der Waals surface area contributed by atoms with Crippen LogP contribution in [0.5, 0.6) is 0 Å². The Kier molecular flexibility index (Phi) is 5.30. The summed E-state index contributed by atoms with van der Waals surface area (Å²) in [6.07, 6.45) is 0. The van der Waals surface area contributed by atoms with Gasteiger partial charge in [0.25, 0.3) is 5.91 Å². The molecule has 1 fully saturated rings. The first-order valence-corrected chi connectivity index (χ1v) is 8.10. The van der Waals surface area contributed by atoms with E-state index in [4.69, 9.17) is 4.74 Å². The summed E-state index contributed by atoms with van der Waals surface area (Å²) in [5.41, 5.74) is 2.55. The number of esters is 1. The van der Waals surface area contributed by atoms with Gasteiger partial charge in [0, 0.05) is 30.0 Å². The molecule has 6 nitrogen and oxygen atoms in total. The molecule has 0 unspecified atom stereocenters. The van der Waals surface area contributed by atoms with Crippen molar-refractivity contribution in [1.29, 1.82) is 0 Å². The summed E-state index contributed by atoms with van der Waals surface area (Å²) >= 11 is 0. The number of amides is 1. The molecular formula is C19H20N2O4. The number of morpholine rings is 1. The van der Waals surface area contributed by atoms with Crippen LogP contribution in [0.25, 0.3) is 0 Å². The third kappa shape index (κ3) is 4.16. The number of hydrogen-bond acceptors (Lipinski definition) is 5. The van der Waals surface area contributed by atoms with Crippen LogP contribution in [0.4, 0.5) is 11.4 Å². The van der Waals surface area contributed by atoms with E-state index in [1.54, 1.807) is 18.2 Å². The minimum absolute atomic E-state index is 0.273. The van der Waals surface area contributed by atoms with Crippen molar-refractivity contribution in [3.05, 3.63) is 59.7 Å². The highest BCUT2D eigenvalue weighted by Gasteiger charge is 2.13. The summed E-state index contributed by atoms with van der Waals surface area (Å²) < 4.78 is 10.0. The lowest BCUT2D eigenvalue weighted by Gasteiger charge is -2.28. The van der Waals surface area contributed by atoms with Gasteiger partial charge < -0.3 is 19.7 Å². The van der Waals surface area contributed by atoms with E-state index in [2.05, 4.69) is 15.0 Å². The maximum Gasteiger partial charge on any atom is 0.337 e. The quantitative estimate of drug-likeness (QED) is 0.867. The first-order chi connectivity index (χ1) is 12.2. The zero-order valence-corrected chi connectivity index (χ0v) is 14.0. The predicted molar refractivity (Wildman–Crippen MR) is 95.2 cm³/mol. The monoisotopic (exact) mass is 340 g/mol. The number of rotatable bonds is 4. The van der Waals surface area contributed by atoms with Crippen molar-refractivity contribution < 1.29 is 19.1 Å². The standard InChI is InChI=1S/C19H20N2O4/c1-24-19(23)15-4-2-3-14(13-15)18(22)20-16-5-7-17(8-6-16)21-9-11-25-12-10-21/h2-8,13H,9-12H2,1H3,(H,20,22). The van der Waals surface area contributed by atoms with Gasteiger partial charge >= 0.3 is 5.97 Å². The van der Waals surface area contributed by atoms with E-state index in [1.807, 2.05) is 24.3 Å². The van der Waals surface area contributed by atoms with E-state index in [1.165, 1.54) is 13.2 Å². The number of hydrogen-bond donors (Lipinski definition) is 1. The molecule has 1 N–H and O–H groups in total. The largest absolute Gasteiger partial charge is 0.465 e. The highest BCUT2D eigenvalue weighted by atomic mass is 16.5. The Morgan fingerprint density at radius 1 is 1.04 bits per heavy atom. The van der Waals surface area contributed by atoms with Crippen LogP contribution in [0.2, 0.25) is 0 Å². The first-order valence-electron chi connectivity index (χ1n) is 8.10. The molecular weight excluding hydrogens is 320 g/mol. The Balaban J connectivity index is 1.67. The third-order valence-corrected chi connectivity index (χ3v) is 4.05. The number of carbonyl (C=O) groups excluding carboxylic acids is 2. The predicted octanol–water partition coefficient (Wildman–Crippen LogP) is 2.56. The smallest absolute Gasteiger partial charge is 0.337 e. The summed E-state index contributed by atoms with van der Waals surface area (Å²) in [5, 5.41) is 2.84. The van der Waals surface area contributed by atoms with Crippen LogP contribution >= 0.6 is 0 Å². The second-order valence-corrected chi connectivity index (χ2v) is 5.67. The van der Waals surface area contributed by atoms with Gasteiger partial charge in [-0.2, -0.15) is 0 Å². The molecule has 0 bridgehead atoms. The van der Waals surface area contributed by atoms with E-state index >= 15 is 0 Å². The topological polar surface area (TPSA) is 67.9 Å². The van der Waals surface area contributed by atoms with Crippen LogP contribution in [-0.4, -0.2) is 45.3 Å². The van der Waals surface area contributed by atoms with E-state index in [0.29, 0.717) is 16.8 Å². The molecule has 1 aliphatic heterocycles. The number of ether oxygens (including phenoxy) is 2. The summed E-state index contributed by atoms with van der Waals surface area (Å²) in [7, 11) is 1.31. The van der Waals surface area contributed by atoms with Crippen LogP contribution in [0.15, 0.2) is 48.5 Å². The average Bonchev–Trinajstić information content (AvgIpc) is 2.68. The molecule has 25 heavy (non-hydrogen) atoms. The summed E-state index contributed by atoms with van der Waals surface area (Å²) in [6, 6.07) is 14.1. The number of benzene rings is 2. The molecule has 2 aromatic carbocycles. The van der Waals surface area contributed by atoms with Gasteiger partial charge in [-0.05, 0) is 42.5 Å². The van der Waals surface area contributed by atoms with E-state index in [0.717, 1.165) is 32.0 Å². The van der Waals surface area contributed by atoms with Crippen LogP contribution in [0.1, 0.15) is 20.7 Å².